The molecule has 0 bridgehead atoms. The third-order valence-corrected chi connectivity index (χ3v) is 4.67. The minimum atomic E-state index is 0.184. The Labute approximate surface area is 154 Å². The third-order valence-electron chi connectivity index (χ3n) is 4.67. The van der Waals surface area contributed by atoms with Crippen molar-refractivity contribution in [2.24, 2.45) is 10.9 Å². The van der Waals surface area contributed by atoms with Crippen LogP contribution in [0.1, 0.15) is 31.0 Å². The molecule has 0 atom stereocenters. The summed E-state index contributed by atoms with van der Waals surface area (Å²) in [5.74, 6) is 1.24. The van der Waals surface area contributed by atoms with Crippen molar-refractivity contribution in [1.82, 2.24) is 20.9 Å². The predicted molar refractivity (Wildman–Crippen MR) is 106 cm³/mol. The quantitative estimate of drug-likeness (QED) is 0.333. The van der Waals surface area contributed by atoms with Crippen molar-refractivity contribution in [2.45, 2.75) is 33.1 Å². The molecule has 6 heteroatoms. The van der Waals surface area contributed by atoms with Crippen molar-refractivity contribution in [1.29, 1.82) is 0 Å². The van der Waals surface area contributed by atoms with E-state index in [4.69, 9.17) is 0 Å². The van der Waals surface area contributed by atoms with Gasteiger partial charge in [0.1, 0.15) is 0 Å². The van der Waals surface area contributed by atoms with Gasteiger partial charge in [-0.3, -0.25) is 9.79 Å². The van der Waals surface area contributed by atoms with Crippen molar-refractivity contribution in [3.8, 4) is 0 Å². The number of rotatable bonds is 8. The summed E-state index contributed by atoms with van der Waals surface area (Å²) < 4.78 is 0. The van der Waals surface area contributed by atoms with Gasteiger partial charge in [0.05, 0.1) is 0 Å². The van der Waals surface area contributed by atoms with E-state index in [0.717, 1.165) is 31.8 Å². The molecule has 1 heterocycles. The number of nitrogens with zero attached hydrogens (tertiary/aromatic N) is 1. The summed E-state index contributed by atoms with van der Waals surface area (Å²) in [5, 5.41) is 10.8. The van der Waals surface area contributed by atoms with Crippen LogP contribution in [0.2, 0.25) is 0 Å². The number of aryl methyl sites for hydroxylation is 1. The maximum Gasteiger partial charge on any atom is 0.223 e. The SMILES string of the molecule is CCNC(=NCCc1c(C)[nH]c2ccccc12)NCCNC(=O)C1CC1. The molecule has 1 saturated carbocycles. The number of para-hydroxylation sites is 1. The average Bonchev–Trinajstić information content (AvgIpc) is 3.43. The number of benzene rings is 1. The van der Waals surface area contributed by atoms with Gasteiger partial charge in [0.25, 0.3) is 0 Å². The molecule has 0 aliphatic heterocycles. The summed E-state index contributed by atoms with van der Waals surface area (Å²) in [5.41, 5.74) is 3.72. The summed E-state index contributed by atoms with van der Waals surface area (Å²) in [6.07, 6.45) is 2.97. The topological polar surface area (TPSA) is 81.3 Å². The molecule has 1 aromatic heterocycles. The standard InChI is InChI=1S/C20H29N5O/c1-3-21-20(24-13-12-22-19(26)15-8-9-15)23-11-10-16-14(2)25-18-7-5-4-6-17(16)18/h4-7,15,25H,3,8-13H2,1-2H3,(H,22,26)(H2,21,23,24). The summed E-state index contributed by atoms with van der Waals surface area (Å²) in [7, 11) is 0. The number of hydrogen-bond donors (Lipinski definition) is 4. The third kappa shape index (κ3) is 4.77. The highest BCUT2D eigenvalue weighted by Gasteiger charge is 2.28. The lowest BCUT2D eigenvalue weighted by molar-refractivity contribution is -0.122. The summed E-state index contributed by atoms with van der Waals surface area (Å²) in [6.45, 7) is 7.00. The predicted octanol–water partition coefficient (Wildman–Crippen LogP) is 2.10. The van der Waals surface area contributed by atoms with Gasteiger partial charge in [0.2, 0.25) is 5.91 Å². The van der Waals surface area contributed by atoms with Crippen LogP contribution in [0.4, 0.5) is 0 Å². The van der Waals surface area contributed by atoms with Crippen molar-refractivity contribution < 1.29 is 4.79 Å². The van der Waals surface area contributed by atoms with E-state index in [-0.39, 0.29) is 11.8 Å². The maximum absolute atomic E-state index is 11.6. The van der Waals surface area contributed by atoms with Crippen molar-refractivity contribution in [2.75, 3.05) is 26.2 Å². The number of amides is 1. The molecule has 0 spiro atoms. The number of fused-ring (bicyclic) bond motifs is 1. The fraction of sp³-hybridized carbons (Fsp3) is 0.500. The molecule has 0 radical (unpaired) electrons. The van der Waals surface area contributed by atoms with E-state index < -0.39 is 0 Å². The van der Waals surface area contributed by atoms with Crippen LogP contribution < -0.4 is 16.0 Å². The number of H-pyrrole nitrogens is 1. The molecule has 2 aromatic rings. The fourth-order valence-corrected chi connectivity index (χ4v) is 3.13. The number of carbonyl (C=O) groups is 1. The van der Waals surface area contributed by atoms with Gasteiger partial charge in [0, 0.05) is 48.7 Å². The molecule has 1 amide bonds. The van der Waals surface area contributed by atoms with Gasteiger partial charge < -0.3 is 20.9 Å². The lowest BCUT2D eigenvalue weighted by Crippen LogP contribution is -2.41. The van der Waals surface area contributed by atoms with Crippen LogP contribution in [0.25, 0.3) is 10.9 Å². The Kier molecular flexibility index (Phi) is 6.15. The molecule has 0 unspecified atom stereocenters. The number of carbonyl (C=O) groups excluding carboxylic acids is 1. The Morgan fingerprint density at radius 3 is 2.73 bits per heavy atom. The van der Waals surface area contributed by atoms with E-state index in [0.29, 0.717) is 19.6 Å². The van der Waals surface area contributed by atoms with Crippen molar-refractivity contribution in [3.05, 3.63) is 35.5 Å². The highest BCUT2D eigenvalue weighted by molar-refractivity contribution is 5.85. The maximum atomic E-state index is 11.6. The summed E-state index contributed by atoms with van der Waals surface area (Å²) in [4.78, 5) is 19.7. The first-order chi connectivity index (χ1) is 12.7. The fourth-order valence-electron chi connectivity index (χ4n) is 3.13. The second kappa shape index (κ2) is 8.74. The molecule has 1 aliphatic carbocycles. The second-order valence-electron chi connectivity index (χ2n) is 6.78. The molecular weight excluding hydrogens is 326 g/mol. The lowest BCUT2D eigenvalue weighted by atomic mass is 10.1. The second-order valence-corrected chi connectivity index (χ2v) is 6.78. The number of aromatic amines is 1. The minimum Gasteiger partial charge on any atom is -0.358 e. The molecule has 4 N–H and O–H groups in total. The highest BCUT2D eigenvalue weighted by Crippen LogP contribution is 2.28. The van der Waals surface area contributed by atoms with Crippen LogP contribution in [0.15, 0.2) is 29.3 Å². The minimum absolute atomic E-state index is 0.184. The van der Waals surface area contributed by atoms with E-state index in [1.165, 1.54) is 22.2 Å². The van der Waals surface area contributed by atoms with E-state index in [9.17, 15) is 4.79 Å². The van der Waals surface area contributed by atoms with Gasteiger partial charge in [-0.05, 0) is 44.7 Å². The number of nitrogens with one attached hydrogen (secondary N) is 4. The molecular formula is C20H29N5O. The normalized spacial score (nSPS) is 14.5. The summed E-state index contributed by atoms with van der Waals surface area (Å²) in [6, 6.07) is 8.39. The van der Waals surface area contributed by atoms with Gasteiger partial charge in [-0.15, -0.1) is 0 Å². The van der Waals surface area contributed by atoms with E-state index in [1.54, 1.807) is 0 Å². The first-order valence-electron chi connectivity index (χ1n) is 9.55. The zero-order chi connectivity index (χ0) is 18.4. The van der Waals surface area contributed by atoms with Crippen LogP contribution in [0, 0.1) is 12.8 Å². The number of hydrogen-bond acceptors (Lipinski definition) is 2. The summed E-state index contributed by atoms with van der Waals surface area (Å²) >= 11 is 0. The molecule has 140 valence electrons. The Bertz CT molecular complexity index is 776. The van der Waals surface area contributed by atoms with Gasteiger partial charge in [-0.1, -0.05) is 18.2 Å². The molecule has 1 aromatic carbocycles. The molecule has 0 saturated heterocycles. The molecule has 26 heavy (non-hydrogen) atoms. The van der Waals surface area contributed by atoms with Crippen molar-refractivity contribution >= 4 is 22.8 Å². The van der Waals surface area contributed by atoms with Crippen LogP contribution in [0.5, 0.6) is 0 Å². The largest absolute Gasteiger partial charge is 0.358 e. The lowest BCUT2D eigenvalue weighted by Gasteiger charge is -2.12. The van der Waals surface area contributed by atoms with Gasteiger partial charge in [-0.25, -0.2) is 0 Å². The average molecular weight is 355 g/mol. The van der Waals surface area contributed by atoms with Gasteiger partial charge >= 0.3 is 0 Å². The Hall–Kier alpha value is -2.50. The monoisotopic (exact) mass is 355 g/mol. The molecule has 6 nitrogen and oxygen atoms in total. The first-order valence-corrected chi connectivity index (χ1v) is 9.55. The molecule has 1 fully saturated rings. The number of aromatic nitrogens is 1. The Morgan fingerprint density at radius 2 is 1.96 bits per heavy atom. The Balaban J connectivity index is 1.49. The smallest absolute Gasteiger partial charge is 0.223 e. The van der Waals surface area contributed by atoms with Gasteiger partial charge in [-0.2, -0.15) is 0 Å². The zero-order valence-corrected chi connectivity index (χ0v) is 15.7. The van der Waals surface area contributed by atoms with Crippen LogP contribution in [-0.2, 0) is 11.2 Å². The molecule has 1 aliphatic rings. The highest BCUT2D eigenvalue weighted by atomic mass is 16.2. The number of aliphatic imine (C=N–C) groups is 1. The van der Waals surface area contributed by atoms with Crippen LogP contribution in [-0.4, -0.2) is 43.0 Å². The number of guanidine groups is 1. The van der Waals surface area contributed by atoms with Crippen molar-refractivity contribution in [3.63, 3.8) is 0 Å². The first kappa shape index (κ1) is 18.3. The Morgan fingerprint density at radius 1 is 1.19 bits per heavy atom. The van der Waals surface area contributed by atoms with E-state index in [1.807, 2.05) is 0 Å². The van der Waals surface area contributed by atoms with Crippen LogP contribution in [0.3, 0.4) is 0 Å². The molecule has 3 rings (SSSR count). The zero-order valence-electron chi connectivity index (χ0n) is 15.7. The van der Waals surface area contributed by atoms with E-state index in [2.05, 4.69) is 64.0 Å². The van der Waals surface area contributed by atoms with E-state index >= 15 is 0 Å². The van der Waals surface area contributed by atoms with Gasteiger partial charge in [0.15, 0.2) is 5.96 Å². The van der Waals surface area contributed by atoms with Crippen LogP contribution >= 0.6 is 0 Å².